The van der Waals surface area contributed by atoms with Gasteiger partial charge in [-0.3, -0.25) is 4.79 Å². The van der Waals surface area contributed by atoms with Crippen molar-refractivity contribution in [3.05, 3.63) is 77.0 Å². The van der Waals surface area contributed by atoms with Crippen LogP contribution >= 0.6 is 0 Å². The zero-order chi connectivity index (χ0) is 23.2. The minimum atomic E-state index is -0.434. The maximum atomic E-state index is 13.0. The smallest absolute Gasteiger partial charge is 0.228 e. The fourth-order valence-corrected chi connectivity index (χ4v) is 4.75. The number of fused-ring (bicyclic) bond motifs is 3. The number of rotatable bonds is 5. The van der Waals surface area contributed by atoms with Crippen LogP contribution in [0.15, 0.2) is 58.7 Å². The first-order valence-corrected chi connectivity index (χ1v) is 11.1. The molecule has 0 bridgehead atoms. The van der Waals surface area contributed by atoms with Crippen LogP contribution < -0.4 is 14.2 Å². The van der Waals surface area contributed by atoms with E-state index in [1.54, 1.807) is 31.3 Å². The van der Waals surface area contributed by atoms with Gasteiger partial charge in [0.2, 0.25) is 5.88 Å². The molecule has 172 valence electrons. The van der Waals surface area contributed by atoms with Gasteiger partial charge in [0.1, 0.15) is 17.8 Å². The van der Waals surface area contributed by atoms with Gasteiger partial charge in [-0.25, -0.2) is 14.5 Å². The summed E-state index contributed by atoms with van der Waals surface area (Å²) in [6.07, 6.45) is 5.63. The Morgan fingerprint density at radius 3 is 2.82 bits per heavy atom. The molecule has 0 saturated carbocycles. The number of ketones is 1. The molecule has 4 heterocycles. The average molecular weight is 458 g/mol. The molecule has 2 aliphatic rings. The quantitative estimate of drug-likeness (QED) is 0.444. The van der Waals surface area contributed by atoms with Crippen LogP contribution in [0.3, 0.4) is 0 Å². The van der Waals surface area contributed by atoms with Crippen molar-refractivity contribution in [2.24, 2.45) is 0 Å². The number of carbonyl (C=O) groups excluding carboxylic acids is 1. The Hall–Kier alpha value is -4.14. The van der Waals surface area contributed by atoms with E-state index in [0.29, 0.717) is 70.8 Å². The molecule has 0 fully saturated rings. The molecule has 0 amide bonds. The first kappa shape index (κ1) is 20.5. The maximum Gasteiger partial charge on any atom is 0.228 e. The largest absolute Gasteiger partial charge is 0.493 e. The summed E-state index contributed by atoms with van der Waals surface area (Å²) < 4.78 is 24.3. The highest BCUT2D eigenvalue weighted by Crippen LogP contribution is 2.47. The molecular formula is C25H22N4O5. The number of aromatic nitrogens is 4. The van der Waals surface area contributed by atoms with Crippen LogP contribution in [-0.2, 0) is 11.2 Å². The molecule has 1 aromatic carbocycles. The van der Waals surface area contributed by atoms with Crippen LogP contribution in [0.5, 0.6) is 17.4 Å². The number of ether oxygens (including phenoxy) is 3. The third-order valence-electron chi connectivity index (χ3n) is 6.27. The van der Waals surface area contributed by atoms with Gasteiger partial charge in [-0.05, 0) is 36.2 Å². The third-order valence-corrected chi connectivity index (χ3v) is 6.27. The Bertz CT molecular complexity index is 1440. The molecule has 1 aliphatic carbocycles. The Kier molecular flexibility index (Phi) is 4.83. The SMILES string of the molecule is COc1ccc(Cc2nc3c4c(ncn3n2)OC2=C(C(=O)CCC2)[C@H]4c2ccco2)cc1OC. The lowest BCUT2D eigenvalue weighted by molar-refractivity contribution is -0.116. The summed E-state index contributed by atoms with van der Waals surface area (Å²) in [5, 5.41) is 4.64. The van der Waals surface area contributed by atoms with E-state index in [9.17, 15) is 4.79 Å². The summed E-state index contributed by atoms with van der Waals surface area (Å²) in [6, 6.07) is 9.41. The van der Waals surface area contributed by atoms with E-state index in [0.717, 1.165) is 12.0 Å². The molecule has 6 rings (SSSR count). The summed E-state index contributed by atoms with van der Waals surface area (Å²) in [4.78, 5) is 22.3. The molecule has 34 heavy (non-hydrogen) atoms. The summed E-state index contributed by atoms with van der Waals surface area (Å²) in [5.41, 5.74) is 2.89. The van der Waals surface area contributed by atoms with Crippen LogP contribution in [0.2, 0.25) is 0 Å². The number of carbonyl (C=O) groups is 1. The standard InChI is InChI=1S/C25H22N4O5/c1-31-16-9-8-14(11-19(16)32-2)12-20-27-24-23-22(17-7-4-10-33-17)21-15(30)5-3-6-18(21)34-25(23)26-13-29(24)28-20/h4,7-11,13,22H,3,5-6,12H2,1-2H3/t22-/m1/s1. The third kappa shape index (κ3) is 3.23. The van der Waals surface area contributed by atoms with Crippen molar-refractivity contribution in [1.29, 1.82) is 0 Å². The van der Waals surface area contributed by atoms with Crippen molar-refractivity contribution in [3.8, 4) is 17.4 Å². The minimum absolute atomic E-state index is 0.0698. The highest BCUT2D eigenvalue weighted by atomic mass is 16.5. The molecule has 9 heteroatoms. The normalized spacial score (nSPS) is 17.4. The van der Waals surface area contributed by atoms with Crippen LogP contribution in [0.4, 0.5) is 0 Å². The predicted molar refractivity (Wildman–Crippen MR) is 120 cm³/mol. The van der Waals surface area contributed by atoms with Crippen LogP contribution in [0.25, 0.3) is 5.65 Å². The Morgan fingerprint density at radius 1 is 1.15 bits per heavy atom. The molecule has 0 radical (unpaired) electrons. The van der Waals surface area contributed by atoms with Gasteiger partial charge in [0, 0.05) is 24.8 Å². The van der Waals surface area contributed by atoms with Gasteiger partial charge in [-0.15, -0.1) is 5.10 Å². The molecule has 0 spiro atoms. The van der Waals surface area contributed by atoms with E-state index in [2.05, 4.69) is 10.1 Å². The number of allylic oxidation sites excluding steroid dienone is 2. The fraction of sp³-hybridized carbons (Fsp3) is 0.280. The highest BCUT2D eigenvalue weighted by Gasteiger charge is 2.40. The predicted octanol–water partition coefficient (Wildman–Crippen LogP) is 3.86. The number of hydrogen-bond acceptors (Lipinski definition) is 8. The van der Waals surface area contributed by atoms with Crippen molar-refractivity contribution in [2.45, 2.75) is 31.6 Å². The van der Waals surface area contributed by atoms with E-state index >= 15 is 0 Å². The van der Waals surface area contributed by atoms with Gasteiger partial charge in [0.15, 0.2) is 28.8 Å². The second-order valence-electron chi connectivity index (χ2n) is 8.29. The molecule has 4 aromatic rings. The summed E-state index contributed by atoms with van der Waals surface area (Å²) in [7, 11) is 3.21. The second kappa shape index (κ2) is 8.02. The van der Waals surface area contributed by atoms with Gasteiger partial charge in [0.05, 0.1) is 32.0 Å². The number of hydrogen-bond donors (Lipinski definition) is 0. The Labute approximate surface area is 195 Å². The number of methoxy groups -OCH3 is 2. The van der Waals surface area contributed by atoms with Crippen LogP contribution in [0.1, 0.15) is 47.9 Å². The van der Waals surface area contributed by atoms with Gasteiger partial charge < -0.3 is 18.6 Å². The zero-order valence-electron chi connectivity index (χ0n) is 18.8. The molecule has 0 unspecified atom stereocenters. The Morgan fingerprint density at radius 2 is 2.03 bits per heavy atom. The van der Waals surface area contributed by atoms with E-state index in [4.69, 9.17) is 23.6 Å². The van der Waals surface area contributed by atoms with Crippen molar-refractivity contribution in [1.82, 2.24) is 19.6 Å². The number of benzene rings is 1. The summed E-state index contributed by atoms with van der Waals surface area (Å²) in [6.45, 7) is 0. The van der Waals surface area contributed by atoms with E-state index in [1.165, 1.54) is 0 Å². The summed E-state index contributed by atoms with van der Waals surface area (Å²) >= 11 is 0. The summed E-state index contributed by atoms with van der Waals surface area (Å²) in [5.74, 6) is 3.31. The molecule has 9 nitrogen and oxygen atoms in total. The first-order chi connectivity index (χ1) is 16.7. The van der Waals surface area contributed by atoms with Crippen LogP contribution in [0, 0.1) is 0 Å². The number of nitrogens with zero attached hydrogens (tertiary/aromatic N) is 4. The molecule has 3 aromatic heterocycles. The average Bonchev–Trinajstić information content (AvgIpc) is 3.52. The van der Waals surface area contributed by atoms with Gasteiger partial charge in [-0.1, -0.05) is 6.07 Å². The van der Waals surface area contributed by atoms with Gasteiger partial charge in [0.25, 0.3) is 0 Å². The highest BCUT2D eigenvalue weighted by molar-refractivity contribution is 5.99. The molecule has 1 aliphatic heterocycles. The van der Waals surface area contributed by atoms with E-state index in [1.807, 2.05) is 30.3 Å². The lowest BCUT2D eigenvalue weighted by Crippen LogP contribution is -2.26. The molecule has 1 atom stereocenters. The minimum Gasteiger partial charge on any atom is -0.493 e. The van der Waals surface area contributed by atoms with Gasteiger partial charge >= 0.3 is 0 Å². The Balaban J connectivity index is 1.46. The first-order valence-electron chi connectivity index (χ1n) is 11.1. The van der Waals surface area contributed by atoms with E-state index < -0.39 is 5.92 Å². The number of Topliss-reactive ketones (excluding diaryl/α,β-unsaturated/α-hetero) is 1. The fourth-order valence-electron chi connectivity index (χ4n) is 4.75. The maximum absolute atomic E-state index is 13.0. The monoisotopic (exact) mass is 458 g/mol. The van der Waals surface area contributed by atoms with Crippen molar-refractivity contribution in [2.75, 3.05) is 14.2 Å². The molecule has 0 N–H and O–H groups in total. The zero-order valence-corrected chi connectivity index (χ0v) is 18.8. The van der Waals surface area contributed by atoms with Crippen molar-refractivity contribution in [3.63, 3.8) is 0 Å². The van der Waals surface area contributed by atoms with Crippen molar-refractivity contribution < 1.29 is 23.4 Å². The number of furan rings is 1. The lowest BCUT2D eigenvalue weighted by Gasteiger charge is -2.30. The van der Waals surface area contributed by atoms with Gasteiger partial charge in [-0.2, -0.15) is 0 Å². The van der Waals surface area contributed by atoms with Crippen molar-refractivity contribution >= 4 is 11.4 Å². The van der Waals surface area contributed by atoms with Crippen LogP contribution in [-0.4, -0.2) is 39.6 Å². The van der Waals surface area contributed by atoms with E-state index in [-0.39, 0.29) is 5.78 Å². The second-order valence-corrected chi connectivity index (χ2v) is 8.29. The molecule has 0 saturated heterocycles. The lowest BCUT2D eigenvalue weighted by atomic mass is 9.80. The molecular weight excluding hydrogens is 436 g/mol. The topological polar surface area (TPSA) is 101 Å².